The molecule has 0 spiro atoms. The maximum atomic E-state index is 10.3. The predicted octanol–water partition coefficient (Wildman–Crippen LogP) is -1.17. The second kappa shape index (κ2) is 10.2. The van der Waals surface area contributed by atoms with Crippen LogP contribution in [0.25, 0.3) is 0 Å². The van der Waals surface area contributed by atoms with Crippen LogP contribution in [0.15, 0.2) is 0 Å². The summed E-state index contributed by atoms with van der Waals surface area (Å²) in [5.74, 6) is -2.13. The number of thiol groups is 2. The lowest BCUT2D eigenvalue weighted by molar-refractivity contribution is -0.140. The van der Waals surface area contributed by atoms with Gasteiger partial charge in [-0.3, -0.25) is 9.59 Å². The number of carboxylic acids is 2. The molecule has 0 aromatic heterocycles. The minimum atomic E-state index is -1.06. The van der Waals surface area contributed by atoms with Gasteiger partial charge in [0.15, 0.2) is 0 Å². The predicted molar refractivity (Wildman–Crippen MR) is 68.6 cm³/mol. The molecule has 0 saturated heterocycles. The van der Waals surface area contributed by atoms with Gasteiger partial charge < -0.3 is 21.3 Å². The van der Waals surface area contributed by atoms with E-state index in [-0.39, 0.29) is 17.4 Å². The first-order valence-electron chi connectivity index (χ1n) is 4.46. The Morgan fingerprint density at radius 1 is 1.18 bits per heavy atom. The van der Waals surface area contributed by atoms with Gasteiger partial charge in [-0.2, -0.15) is 25.3 Å². The van der Waals surface area contributed by atoms with Crippen molar-refractivity contribution in [3.8, 4) is 0 Å². The molecular formula is C8H16N2O5S2. The van der Waals surface area contributed by atoms with Crippen molar-refractivity contribution in [2.45, 2.75) is 19.0 Å². The molecule has 0 heterocycles. The van der Waals surface area contributed by atoms with E-state index in [0.717, 1.165) is 0 Å². The Morgan fingerprint density at radius 2 is 1.65 bits per heavy atom. The molecule has 0 aliphatic rings. The van der Waals surface area contributed by atoms with E-state index in [1.807, 2.05) is 0 Å². The molecule has 7 nitrogen and oxygen atoms in total. The van der Waals surface area contributed by atoms with Crippen molar-refractivity contribution >= 4 is 43.1 Å². The molecule has 100 valence electrons. The van der Waals surface area contributed by atoms with Crippen molar-refractivity contribution in [1.29, 1.82) is 0 Å². The van der Waals surface area contributed by atoms with E-state index in [1.54, 1.807) is 0 Å². The van der Waals surface area contributed by atoms with Gasteiger partial charge in [0.2, 0.25) is 5.91 Å². The van der Waals surface area contributed by atoms with Crippen LogP contribution in [0.3, 0.4) is 0 Å². The van der Waals surface area contributed by atoms with Crippen molar-refractivity contribution in [2.75, 3.05) is 11.5 Å². The van der Waals surface area contributed by atoms with Gasteiger partial charge in [-0.1, -0.05) is 0 Å². The van der Waals surface area contributed by atoms with Crippen molar-refractivity contribution in [3.63, 3.8) is 0 Å². The summed E-state index contributed by atoms with van der Waals surface area (Å²) in [6.07, 6.45) is 0. The molecule has 5 N–H and O–H groups in total. The largest absolute Gasteiger partial charge is 0.480 e. The second-order valence-corrected chi connectivity index (χ2v) is 3.63. The number of hydrogen-bond donors (Lipinski definition) is 6. The van der Waals surface area contributed by atoms with Gasteiger partial charge in [-0.05, 0) is 0 Å². The van der Waals surface area contributed by atoms with E-state index in [4.69, 9.17) is 15.9 Å². The number of amides is 1. The Balaban J connectivity index is 0. The molecule has 0 radical (unpaired) electrons. The number of nitrogens with two attached hydrogens (primary N) is 1. The van der Waals surface area contributed by atoms with Crippen LogP contribution in [0.2, 0.25) is 0 Å². The fourth-order valence-corrected chi connectivity index (χ4v) is 0.913. The molecule has 0 aromatic carbocycles. The molecular weight excluding hydrogens is 268 g/mol. The van der Waals surface area contributed by atoms with Crippen molar-refractivity contribution in [1.82, 2.24) is 5.32 Å². The molecule has 0 aliphatic heterocycles. The highest BCUT2D eigenvalue weighted by molar-refractivity contribution is 7.80. The monoisotopic (exact) mass is 284 g/mol. The van der Waals surface area contributed by atoms with E-state index in [9.17, 15) is 14.4 Å². The van der Waals surface area contributed by atoms with Gasteiger partial charge in [-0.25, -0.2) is 4.79 Å². The van der Waals surface area contributed by atoms with Gasteiger partial charge in [0, 0.05) is 18.4 Å². The number of rotatable bonds is 5. The SMILES string of the molecule is CC(=O)N[C@H](CS)C(=O)O.N[C@H](CS)C(=O)O. The Bertz CT molecular complexity index is 275. The van der Waals surface area contributed by atoms with Crippen LogP contribution >= 0.6 is 25.3 Å². The summed E-state index contributed by atoms with van der Waals surface area (Å²) in [5, 5.41) is 18.6. The van der Waals surface area contributed by atoms with E-state index < -0.39 is 24.0 Å². The summed E-state index contributed by atoms with van der Waals surface area (Å²) in [4.78, 5) is 30.3. The van der Waals surface area contributed by atoms with E-state index in [1.165, 1.54) is 6.92 Å². The maximum absolute atomic E-state index is 10.3. The summed E-state index contributed by atoms with van der Waals surface area (Å²) in [5.41, 5.74) is 4.94. The van der Waals surface area contributed by atoms with Crippen molar-refractivity contribution < 1.29 is 24.6 Å². The summed E-state index contributed by atoms with van der Waals surface area (Å²) >= 11 is 7.38. The number of aliphatic carboxylic acids is 2. The van der Waals surface area contributed by atoms with Crippen molar-refractivity contribution in [3.05, 3.63) is 0 Å². The molecule has 0 aromatic rings. The first-order chi connectivity index (χ1) is 7.76. The quantitative estimate of drug-likeness (QED) is 0.353. The molecule has 0 saturated carbocycles. The lowest BCUT2D eigenvalue weighted by Crippen LogP contribution is -2.40. The molecule has 17 heavy (non-hydrogen) atoms. The summed E-state index contributed by atoms with van der Waals surface area (Å²) in [6.45, 7) is 1.26. The Hall–Kier alpha value is -0.930. The third kappa shape index (κ3) is 11.3. The van der Waals surface area contributed by atoms with E-state index in [2.05, 4.69) is 30.6 Å². The van der Waals surface area contributed by atoms with Crippen LogP contribution in [0.5, 0.6) is 0 Å². The van der Waals surface area contributed by atoms with Crippen molar-refractivity contribution in [2.24, 2.45) is 5.73 Å². The summed E-state index contributed by atoms with van der Waals surface area (Å²) in [7, 11) is 0. The third-order valence-corrected chi connectivity index (χ3v) is 2.13. The van der Waals surface area contributed by atoms with Gasteiger partial charge in [0.05, 0.1) is 0 Å². The van der Waals surface area contributed by atoms with Crippen LogP contribution in [0, 0.1) is 0 Å². The maximum Gasteiger partial charge on any atom is 0.327 e. The number of nitrogens with one attached hydrogen (secondary N) is 1. The Morgan fingerprint density at radius 3 is 1.71 bits per heavy atom. The molecule has 2 atom stereocenters. The van der Waals surface area contributed by atoms with Gasteiger partial charge >= 0.3 is 11.9 Å². The zero-order valence-corrected chi connectivity index (χ0v) is 10.9. The molecule has 0 bridgehead atoms. The fourth-order valence-electron chi connectivity index (χ4n) is 0.509. The topological polar surface area (TPSA) is 130 Å². The van der Waals surface area contributed by atoms with Crippen LogP contribution in [-0.4, -0.2) is 51.6 Å². The molecule has 0 rings (SSSR count). The van der Waals surface area contributed by atoms with Gasteiger partial charge in [0.25, 0.3) is 0 Å². The summed E-state index contributed by atoms with van der Waals surface area (Å²) < 4.78 is 0. The van der Waals surface area contributed by atoms with Crippen LogP contribution in [0.1, 0.15) is 6.92 Å². The molecule has 0 fully saturated rings. The normalized spacial score (nSPS) is 12.7. The fraction of sp³-hybridized carbons (Fsp3) is 0.625. The van der Waals surface area contributed by atoms with Crippen LogP contribution in [0.4, 0.5) is 0 Å². The summed E-state index contributed by atoms with van der Waals surface area (Å²) in [6, 6.07) is -1.69. The highest BCUT2D eigenvalue weighted by Gasteiger charge is 2.15. The molecule has 0 aliphatic carbocycles. The third-order valence-electron chi connectivity index (χ3n) is 1.37. The molecule has 9 heteroatoms. The number of hydrogen-bond acceptors (Lipinski definition) is 6. The van der Waals surface area contributed by atoms with Crippen LogP contribution in [-0.2, 0) is 14.4 Å². The van der Waals surface area contributed by atoms with Crippen LogP contribution < -0.4 is 11.1 Å². The Kier molecular flexibility index (Phi) is 11.1. The number of carbonyl (C=O) groups is 3. The first kappa shape index (κ1) is 18.4. The zero-order valence-electron chi connectivity index (χ0n) is 9.16. The van der Waals surface area contributed by atoms with Gasteiger partial charge in [0.1, 0.15) is 12.1 Å². The lowest BCUT2D eigenvalue weighted by Gasteiger charge is -2.08. The lowest BCUT2D eigenvalue weighted by atomic mass is 10.3. The molecule has 0 unspecified atom stereocenters. The highest BCUT2D eigenvalue weighted by Crippen LogP contribution is 1.87. The second-order valence-electron chi connectivity index (χ2n) is 2.90. The van der Waals surface area contributed by atoms with Gasteiger partial charge in [-0.15, -0.1) is 0 Å². The first-order valence-corrected chi connectivity index (χ1v) is 5.72. The average molecular weight is 284 g/mol. The number of carbonyl (C=O) groups excluding carboxylic acids is 1. The van der Waals surface area contributed by atoms with E-state index in [0.29, 0.717) is 0 Å². The zero-order chi connectivity index (χ0) is 14.0. The smallest absolute Gasteiger partial charge is 0.327 e. The standard InChI is InChI=1S/C5H9NO3S.C3H7NO2S/c1-3(7)6-4(2-10)5(8)9;4-2(1-7)3(5)6/h4,10H,2H2,1H3,(H,6,7)(H,8,9);2,7H,1,4H2,(H,5,6)/t4-;2-/m11/s1. The number of carboxylic acid groups (broad SMARTS) is 2. The van der Waals surface area contributed by atoms with E-state index >= 15 is 0 Å². The average Bonchev–Trinajstić information content (AvgIpc) is 2.24. The minimum absolute atomic E-state index is 0.106. The minimum Gasteiger partial charge on any atom is -0.480 e. The highest BCUT2D eigenvalue weighted by atomic mass is 32.1. The Labute approximate surface area is 110 Å². The molecule has 1 amide bonds.